The number of rotatable bonds is 3. The van der Waals surface area contributed by atoms with E-state index < -0.39 is 0 Å². The third-order valence-corrected chi connectivity index (χ3v) is 5.90. The first-order valence-corrected chi connectivity index (χ1v) is 10.1. The number of ether oxygens (including phenoxy) is 2. The summed E-state index contributed by atoms with van der Waals surface area (Å²) >= 11 is 0. The topological polar surface area (TPSA) is 51.1 Å². The van der Waals surface area contributed by atoms with Crippen LogP contribution in [-0.2, 0) is 22.6 Å². The van der Waals surface area contributed by atoms with Crippen molar-refractivity contribution in [2.24, 2.45) is 10.9 Å². The van der Waals surface area contributed by atoms with Gasteiger partial charge in [-0.3, -0.25) is 9.79 Å². The van der Waals surface area contributed by atoms with Gasteiger partial charge < -0.3 is 14.4 Å². The van der Waals surface area contributed by atoms with Crippen molar-refractivity contribution in [2.45, 2.75) is 38.3 Å². The van der Waals surface area contributed by atoms with Gasteiger partial charge >= 0.3 is 5.97 Å². The molecule has 2 atom stereocenters. The molecule has 2 unspecified atom stereocenters. The van der Waals surface area contributed by atoms with E-state index in [0.717, 1.165) is 41.4 Å². The molecule has 0 N–H and O–H groups in total. The molecule has 3 heterocycles. The normalized spacial score (nSPS) is 22.5. The lowest BCUT2D eigenvalue weighted by Crippen LogP contribution is -2.46. The standard InChI is InChI=1S/C23H24N2O3/c26-23(28-14-16-6-2-1-3-7-16)18-12-17-9-10-20-22(21(17)24-13-18)27-15-19-8-4-5-11-25(19)20/h1-3,6-7,9-10,13,18-19H,4-5,8,11-12,14-15H2. The molecule has 3 aliphatic rings. The third-order valence-electron chi connectivity index (χ3n) is 5.90. The van der Waals surface area contributed by atoms with Crippen LogP contribution in [0.1, 0.15) is 30.4 Å². The van der Waals surface area contributed by atoms with E-state index in [1.807, 2.05) is 30.3 Å². The number of aliphatic imine (C=N–C) groups is 1. The van der Waals surface area contributed by atoms with Crippen LogP contribution in [0.5, 0.6) is 5.75 Å². The molecule has 0 saturated carbocycles. The van der Waals surface area contributed by atoms with Gasteiger partial charge in [0.15, 0.2) is 5.75 Å². The highest BCUT2D eigenvalue weighted by Crippen LogP contribution is 2.46. The highest BCUT2D eigenvalue weighted by atomic mass is 16.5. The lowest BCUT2D eigenvalue weighted by molar-refractivity contribution is -0.147. The Labute approximate surface area is 165 Å². The van der Waals surface area contributed by atoms with Crippen molar-refractivity contribution in [3.8, 4) is 5.75 Å². The summed E-state index contributed by atoms with van der Waals surface area (Å²) in [6.07, 6.45) is 6.02. The molecule has 0 radical (unpaired) electrons. The van der Waals surface area contributed by atoms with Gasteiger partial charge in [0.05, 0.1) is 17.6 Å². The maximum absolute atomic E-state index is 12.5. The number of carbonyl (C=O) groups excluding carboxylic acids is 1. The zero-order valence-electron chi connectivity index (χ0n) is 15.8. The molecule has 5 heteroatoms. The van der Waals surface area contributed by atoms with Gasteiger partial charge in [0.25, 0.3) is 0 Å². The molecule has 0 amide bonds. The molecule has 5 rings (SSSR count). The number of hydrogen-bond acceptors (Lipinski definition) is 5. The lowest BCUT2D eigenvalue weighted by atomic mass is 9.93. The minimum Gasteiger partial charge on any atom is -0.487 e. The Morgan fingerprint density at radius 3 is 2.96 bits per heavy atom. The van der Waals surface area contributed by atoms with E-state index in [2.05, 4.69) is 22.0 Å². The summed E-state index contributed by atoms with van der Waals surface area (Å²) in [5, 5.41) is 0. The smallest absolute Gasteiger partial charge is 0.315 e. The van der Waals surface area contributed by atoms with Crippen LogP contribution in [0.2, 0.25) is 0 Å². The molecule has 3 aliphatic heterocycles. The van der Waals surface area contributed by atoms with Gasteiger partial charge in [0, 0.05) is 12.8 Å². The van der Waals surface area contributed by atoms with E-state index in [4.69, 9.17) is 9.47 Å². The van der Waals surface area contributed by atoms with Crippen LogP contribution >= 0.6 is 0 Å². The predicted octanol–water partition coefficient (Wildman–Crippen LogP) is 4.06. The van der Waals surface area contributed by atoms with Crippen LogP contribution in [-0.4, -0.2) is 31.4 Å². The first kappa shape index (κ1) is 17.3. The van der Waals surface area contributed by atoms with Crippen LogP contribution < -0.4 is 9.64 Å². The Kier molecular flexibility index (Phi) is 4.51. The SMILES string of the molecule is O=C(OCc1ccccc1)C1C=Nc2c(ccc3c2OCC2CCCCN32)C1. The van der Waals surface area contributed by atoms with Crippen molar-refractivity contribution in [1.82, 2.24) is 0 Å². The number of benzene rings is 2. The van der Waals surface area contributed by atoms with E-state index >= 15 is 0 Å². The quantitative estimate of drug-likeness (QED) is 0.758. The van der Waals surface area contributed by atoms with E-state index in [1.165, 1.54) is 19.3 Å². The highest BCUT2D eigenvalue weighted by Gasteiger charge is 2.33. The summed E-state index contributed by atoms with van der Waals surface area (Å²) in [5.41, 5.74) is 4.08. The Hall–Kier alpha value is -2.82. The first-order chi connectivity index (χ1) is 13.8. The summed E-state index contributed by atoms with van der Waals surface area (Å²) in [6.45, 7) is 2.10. The minimum absolute atomic E-state index is 0.229. The molecule has 0 spiro atoms. The van der Waals surface area contributed by atoms with Crippen LogP contribution in [0.15, 0.2) is 47.5 Å². The van der Waals surface area contributed by atoms with Gasteiger partial charge in [-0.25, -0.2) is 0 Å². The van der Waals surface area contributed by atoms with Crippen molar-refractivity contribution in [1.29, 1.82) is 0 Å². The largest absolute Gasteiger partial charge is 0.487 e. The van der Waals surface area contributed by atoms with E-state index in [9.17, 15) is 4.79 Å². The van der Waals surface area contributed by atoms with Gasteiger partial charge in [-0.1, -0.05) is 36.4 Å². The summed E-state index contributed by atoms with van der Waals surface area (Å²) < 4.78 is 11.6. The van der Waals surface area contributed by atoms with Crippen molar-refractivity contribution in [3.63, 3.8) is 0 Å². The molecular formula is C23H24N2O3. The second-order valence-electron chi connectivity index (χ2n) is 7.76. The summed E-state index contributed by atoms with van der Waals surface area (Å²) in [6, 6.07) is 14.5. The number of fused-ring (bicyclic) bond motifs is 5. The summed E-state index contributed by atoms with van der Waals surface area (Å²) in [7, 11) is 0. The average molecular weight is 376 g/mol. The number of esters is 1. The Morgan fingerprint density at radius 1 is 1.18 bits per heavy atom. The first-order valence-electron chi connectivity index (χ1n) is 10.1. The van der Waals surface area contributed by atoms with E-state index in [0.29, 0.717) is 19.1 Å². The molecule has 0 bridgehead atoms. The monoisotopic (exact) mass is 376 g/mol. The van der Waals surface area contributed by atoms with E-state index in [1.54, 1.807) is 6.21 Å². The van der Waals surface area contributed by atoms with Crippen LogP contribution in [0.25, 0.3) is 0 Å². The van der Waals surface area contributed by atoms with Crippen LogP contribution in [0.4, 0.5) is 11.4 Å². The van der Waals surface area contributed by atoms with E-state index in [-0.39, 0.29) is 11.9 Å². The number of hydrogen-bond donors (Lipinski definition) is 0. The predicted molar refractivity (Wildman–Crippen MR) is 109 cm³/mol. The maximum atomic E-state index is 12.5. The molecule has 1 saturated heterocycles. The van der Waals surface area contributed by atoms with Crippen molar-refractivity contribution in [3.05, 3.63) is 53.6 Å². The Bertz CT molecular complexity index is 910. The molecule has 2 aromatic carbocycles. The zero-order valence-corrected chi connectivity index (χ0v) is 15.8. The fraction of sp³-hybridized carbons (Fsp3) is 0.391. The number of piperidine rings is 1. The van der Waals surface area contributed by atoms with Gasteiger partial charge in [0.2, 0.25) is 0 Å². The van der Waals surface area contributed by atoms with Gasteiger partial charge in [-0.15, -0.1) is 0 Å². The number of nitrogens with zero attached hydrogens (tertiary/aromatic N) is 2. The summed E-state index contributed by atoms with van der Waals surface area (Å²) in [4.78, 5) is 19.6. The number of carbonyl (C=O) groups is 1. The number of anilines is 1. The van der Waals surface area contributed by atoms with Gasteiger partial charge in [-0.05, 0) is 42.9 Å². The second kappa shape index (κ2) is 7.30. The molecule has 144 valence electrons. The lowest BCUT2D eigenvalue weighted by Gasteiger charge is -2.42. The molecule has 0 aromatic heterocycles. The Morgan fingerprint density at radius 2 is 2.07 bits per heavy atom. The van der Waals surface area contributed by atoms with Crippen molar-refractivity contribution < 1.29 is 14.3 Å². The second-order valence-corrected chi connectivity index (χ2v) is 7.76. The fourth-order valence-electron chi connectivity index (χ4n) is 4.38. The van der Waals surface area contributed by atoms with Gasteiger partial charge in [-0.2, -0.15) is 0 Å². The molecule has 5 nitrogen and oxygen atoms in total. The highest BCUT2D eigenvalue weighted by molar-refractivity contribution is 5.94. The molecule has 28 heavy (non-hydrogen) atoms. The average Bonchev–Trinajstić information content (AvgIpc) is 2.77. The summed E-state index contributed by atoms with van der Waals surface area (Å²) in [5.74, 6) is 0.302. The minimum atomic E-state index is -0.347. The van der Waals surface area contributed by atoms with Crippen molar-refractivity contribution in [2.75, 3.05) is 18.1 Å². The maximum Gasteiger partial charge on any atom is 0.315 e. The van der Waals surface area contributed by atoms with Crippen molar-refractivity contribution >= 4 is 23.6 Å². The zero-order chi connectivity index (χ0) is 18.9. The fourth-order valence-corrected chi connectivity index (χ4v) is 4.38. The molecule has 0 aliphatic carbocycles. The van der Waals surface area contributed by atoms with Crippen LogP contribution in [0, 0.1) is 5.92 Å². The molecule has 2 aromatic rings. The third kappa shape index (κ3) is 3.15. The van der Waals surface area contributed by atoms with Crippen LogP contribution in [0.3, 0.4) is 0 Å². The molecular weight excluding hydrogens is 352 g/mol. The Balaban J connectivity index is 1.32. The van der Waals surface area contributed by atoms with Gasteiger partial charge in [0.1, 0.15) is 18.9 Å². The molecule has 1 fully saturated rings.